The monoisotopic (exact) mass is 390 g/mol. The summed E-state index contributed by atoms with van der Waals surface area (Å²) in [6.07, 6.45) is 7.14. The molecular weight excluding hydrogens is 356 g/mol. The first-order chi connectivity index (χ1) is 14.0. The minimum atomic E-state index is 0.420. The molecule has 0 saturated carbocycles. The number of aromatic nitrogens is 3. The van der Waals surface area contributed by atoms with E-state index in [1.54, 1.807) is 0 Å². The molecule has 0 spiro atoms. The first-order valence-electron chi connectivity index (χ1n) is 11.1. The van der Waals surface area contributed by atoms with Crippen LogP contribution in [-0.2, 0) is 13.0 Å². The van der Waals surface area contributed by atoms with Crippen LogP contribution >= 0.6 is 0 Å². The Kier molecular flexibility index (Phi) is 5.48. The van der Waals surface area contributed by atoms with Gasteiger partial charge in [-0.25, -0.2) is 4.98 Å². The maximum atomic E-state index is 5.25. The first-order valence-corrected chi connectivity index (χ1v) is 11.1. The number of nitrogens with one attached hydrogen (secondary N) is 1. The Morgan fingerprint density at radius 3 is 2.69 bits per heavy atom. The van der Waals surface area contributed by atoms with Crippen LogP contribution in [0, 0.1) is 13.8 Å². The van der Waals surface area contributed by atoms with Crippen LogP contribution in [0.4, 0.5) is 0 Å². The normalized spacial score (nSPS) is 16.6. The van der Waals surface area contributed by atoms with E-state index < -0.39 is 0 Å². The van der Waals surface area contributed by atoms with Crippen LogP contribution in [0.3, 0.4) is 0 Å². The van der Waals surface area contributed by atoms with Gasteiger partial charge in [0, 0.05) is 30.0 Å². The summed E-state index contributed by atoms with van der Waals surface area (Å²) in [4.78, 5) is 10.2. The third-order valence-electron chi connectivity index (χ3n) is 6.52. The van der Waals surface area contributed by atoms with Crippen molar-refractivity contribution < 1.29 is 0 Å². The number of nitrogens with zero attached hydrogens (tertiary/aromatic N) is 3. The molecule has 0 unspecified atom stereocenters. The minimum Gasteiger partial charge on any atom is -0.343 e. The Balaban J connectivity index is 1.98. The average molecular weight is 391 g/mol. The molecule has 1 N–H and O–H groups in total. The summed E-state index contributed by atoms with van der Waals surface area (Å²) in [5.41, 5.74) is 11.1. The van der Waals surface area contributed by atoms with Crippen molar-refractivity contribution in [1.29, 1.82) is 0 Å². The van der Waals surface area contributed by atoms with Crippen molar-refractivity contribution >= 4 is 11.0 Å². The second-order valence-electron chi connectivity index (χ2n) is 8.85. The van der Waals surface area contributed by atoms with Gasteiger partial charge in [-0.2, -0.15) is 0 Å². The van der Waals surface area contributed by atoms with Crippen LogP contribution < -0.4 is 5.32 Å². The molecule has 4 heterocycles. The van der Waals surface area contributed by atoms with Gasteiger partial charge >= 0.3 is 0 Å². The number of hydrogen-bond donors (Lipinski definition) is 1. The summed E-state index contributed by atoms with van der Waals surface area (Å²) in [5, 5.41) is 3.30. The molecule has 0 saturated heterocycles. The second-order valence-corrected chi connectivity index (χ2v) is 8.85. The van der Waals surface area contributed by atoms with Crippen LogP contribution in [-0.4, -0.2) is 21.6 Å². The highest BCUT2D eigenvalue weighted by Gasteiger charge is 2.25. The molecule has 0 fully saturated rings. The van der Waals surface area contributed by atoms with E-state index in [4.69, 9.17) is 9.97 Å². The fraction of sp³-hybridized carbons (Fsp3) is 0.520. The van der Waals surface area contributed by atoms with Crippen molar-refractivity contribution in [2.45, 2.75) is 78.8 Å². The highest BCUT2D eigenvalue weighted by Crippen LogP contribution is 2.39. The Labute approximate surface area is 174 Å². The zero-order valence-electron chi connectivity index (χ0n) is 18.8. The molecule has 4 rings (SSSR count). The quantitative estimate of drug-likeness (QED) is 0.594. The lowest BCUT2D eigenvalue weighted by atomic mass is 9.95. The molecule has 0 aromatic carbocycles. The molecule has 1 aliphatic rings. The molecule has 1 aliphatic heterocycles. The van der Waals surface area contributed by atoms with Crippen molar-refractivity contribution in [2.24, 2.45) is 0 Å². The third-order valence-corrected chi connectivity index (χ3v) is 6.52. The van der Waals surface area contributed by atoms with E-state index in [-0.39, 0.29) is 0 Å². The lowest BCUT2D eigenvalue weighted by Gasteiger charge is -2.18. The second kappa shape index (κ2) is 7.91. The van der Waals surface area contributed by atoms with Crippen molar-refractivity contribution in [3.8, 4) is 11.3 Å². The van der Waals surface area contributed by atoms with E-state index in [1.165, 1.54) is 52.5 Å². The van der Waals surface area contributed by atoms with Gasteiger partial charge in [-0.3, -0.25) is 4.98 Å². The molecule has 0 radical (unpaired) electrons. The number of hydrogen-bond acceptors (Lipinski definition) is 3. The zero-order chi connectivity index (χ0) is 20.7. The van der Waals surface area contributed by atoms with E-state index in [9.17, 15) is 0 Å². The molecular formula is C25H34N4. The van der Waals surface area contributed by atoms with Crippen LogP contribution in [0.25, 0.3) is 22.3 Å². The van der Waals surface area contributed by atoms with Gasteiger partial charge in [0.15, 0.2) is 0 Å². The summed E-state index contributed by atoms with van der Waals surface area (Å²) in [6, 6.07) is 5.00. The van der Waals surface area contributed by atoms with Crippen LogP contribution in [0.15, 0.2) is 18.3 Å². The Morgan fingerprint density at radius 1 is 1.21 bits per heavy atom. The molecule has 29 heavy (non-hydrogen) atoms. The average Bonchev–Trinajstić information content (AvgIpc) is 2.91. The molecule has 0 amide bonds. The number of pyridine rings is 2. The van der Waals surface area contributed by atoms with E-state index in [0.717, 1.165) is 30.0 Å². The Bertz CT molecular complexity index is 1040. The summed E-state index contributed by atoms with van der Waals surface area (Å²) in [6.45, 7) is 11.9. The van der Waals surface area contributed by atoms with Crippen molar-refractivity contribution in [2.75, 3.05) is 7.05 Å². The van der Waals surface area contributed by atoms with Gasteiger partial charge in [0.25, 0.3) is 0 Å². The largest absolute Gasteiger partial charge is 0.343 e. The predicted molar refractivity (Wildman–Crippen MR) is 122 cm³/mol. The number of rotatable bonds is 5. The van der Waals surface area contributed by atoms with Gasteiger partial charge in [0.05, 0.1) is 22.4 Å². The van der Waals surface area contributed by atoms with Crippen molar-refractivity contribution in [3.63, 3.8) is 0 Å². The molecule has 0 bridgehead atoms. The van der Waals surface area contributed by atoms with Gasteiger partial charge in [0.2, 0.25) is 0 Å². The van der Waals surface area contributed by atoms with E-state index in [2.05, 4.69) is 62.8 Å². The molecule has 3 aromatic rings. The predicted octanol–water partition coefficient (Wildman–Crippen LogP) is 5.85. The molecule has 4 heteroatoms. The fourth-order valence-corrected chi connectivity index (χ4v) is 4.87. The third kappa shape index (κ3) is 3.38. The van der Waals surface area contributed by atoms with Crippen molar-refractivity contribution in [3.05, 3.63) is 46.4 Å². The lowest BCUT2D eigenvalue weighted by Crippen LogP contribution is -2.11. The molecule has 0 aliphatic carbocycles. The summed E-state index contributed by atoms with van der Waals surface area (Å²) in [5.74, 6) is 0.420. The van der Waals surface area contributed by atoms with E-state index in [0.29, 0.717) is 12.0 Å². The van der Waals surface area contributed by atoms with Gasteiger partial charge in [-0.15, -0.1) is 0 Å². The zero-order valence-corrected chi connectivity index (χ0v) is 18.8. The highest BCUT2D eigenvalue weighted by atomic mass is 15.0. The van der Waals surface area contributed by atoms with Crippen molar-refractivity contribution in [1.82, 2.24) is 19.9 Å². The van der Waals surface area contributed by atoms with Gasteiger partial charge in [-0.1, -0.05) is 20.8 Å². The van der Waals surface area contributed by atoms with E-state index in [1.807, 2.05) is 7.05 Å². The molecule has 3 aromatic heterocycles. The minimum absolute atomic E-state index is 0.420. The number of aryl methyl sites for hydroxylation is 2. The topological polar surface area (TPSA) is 42.7 Å². The maximum absolute atomic E-state index is 5.25. The van der Waals surface area contributed by atoms with Crippen LogP contribution in [0.1, 0.15) is 80.1 Å². The SMILES string of the molecule is CC[C@H]1CCCc2c(C)c(-c3ccc(C(C)C)nc3CNC)nc3c(C)cn1c23. The molecule has 1 atom stereocenters. The maximum Gasteiger partial charge on any atom is 0.0920 e. The summed E-state index contributed by atoms with van der Waals surface area (Å²) >= 11 is 0. The standard InChI is InChI=1S/C25H34N4/c1-7-18-9-8-10-19-17(5)24(28-23-16(4)14-29(18)25(19)23)20-11-12-21(15(2)3)27-22(20)13-26-6/h11-12,14-15,18,26H,7-10,13H2,1-6H3/t18-/m0/s1. The van der Waals surface area contributed by atoms with Crippen LogP contribution in [0.5, 0.6) is 0 Å². The lowest BCUT2D eigenvalue weighted by molar-refractivity contribution is 0.460. The smallest absolute Gasteiger partial charge is 0.0920 e. The van der Waals surface area contributed by atoms with Gasteiger partial charge in [-0.05, 0) is 81.3 Å². The summed E-state index contributed by atoms with van der Waals surface area (Å²) in [7, 11) is 1.99. The van der Waals surface area contributed by atoms with Gasteiger partial charge in [0.1, 0.15) is 0 Å². The summed E-state index contributed by atoms with van der Waals surface area (Å²) < 4.78 is 2.52. The van der Waals surface area contributed by atoms with E-state index >= 15 is 0 Å². The molecule has 154 valence electrons. The van der Waals surface area contributed by atoms with Gasteiger partial charge < -0.3 is 9.88 Å². The Hall–Kier alpha value is -2.20. The Morgan fingerprint density at radius 2 is 2.00 bits per heavy atom. The van der Waals surface area contributed by atoms with Crippen LogP contribution in [0.2, 0.25) is 0 Å². The first kappa shape index (κ1) is 20.1. The fourth-order valence-electron chi connectivity index (χ4n) is 4.87. The highest BCUT2D eigenvalue weighted by molar-refractivity contribution is 5.88. The molecule has 4 nitrogen and oxygen atoms in total.